The number of hydrogen-bond donors (Lipinski definition) is 2. The topological polar surface area (TPSA) is 60.2 Å². The fourth-order valence-corrected chi connectivity index (χ4v) is 2.99. The lowest BCUT2D eigenvalue weighted by molar-refractivity contribution is -0.118. The standard InChI is InChI=1S/C12H23NO2S2/c1-9(2)12(15)17-10(7-8-16)5-3-4-6-11(13)14/h9-10,16H,3-8H2,1-2H3,(H2,13,14). The van der Waals surface area contributed by atoms with Crippen molar-refractivity contribution in [2.45, 2.75) is 51.2 Å². The van der Waals surface area contributed by atoms with E-state index in [0.29, 0.717) is 11.7 Å². The first-order valence-electron chi connectivity index (χ1n) is 6.07. The number of carbonyl (C=O) groups is 2. The fourth-order valence-electron chi connectivity index (χ4n) is 1.38. The van der Waals surface area contributed by atoms with E-state index in [1.807, 2.05) is 13.8 Å². The van der Waals surface area contributed by atoms with Gasteiger partial charge in [-0.2, -0.15) is 12.6 Å². The van der Waals surface area contributed by atoms with Crippen molar-refractivity contribution >= 4 is 35.4 Å². The predicted octanol–water partition coefficient (Wildman–Crippen LogP) is 2.64. The van der Waals surface area contributed by atoms with E-state index in [0.717, 1.165) is 31.4 Å². The van der Waals surface area contributed by atoms with E-state index in [1.165, 1.54) is 11.8 Å². The predicted molar refractivity (Wildman–Crippen MR) is 77.4 cm³/mol. The van der Waals surface area contributed by atoms with Gasteiger partial charge in [0.25, 0.3) is 0 Å². The minimum absolute atomic E-state index is 0.0769. The Morgan fingerprint density at radius 2 is 1.88 bits per heavy atom. The molecule has 0 aromatic carbocycles. The first kappa shape index (κ1) is 16.8. The van der Waals surface area contributed by atoms with Crippen LogP contribution in [-0.2, 0) is 9.59 Å². The summed E-state index contributed by atoms with van der Waals surface area (Å²) in [6.45, 7) is 3.83. The Bertz CT molecular complexity index is 245. The molecule has 0 spiro atoms. The summed E-state index contributed by atoms with van der Waals surface area (Å²) in [6, 6.07) is 0. The molecule has 5 heteroatoms. The molecule has 0 saturated heterocycles. The number of rotatable bonds is 9. The summed E-state index contributed by atoms with van der Waals surface area (Å²) in [5.74, 6) is 0.619. The van der Waals surface area contributed by atoms with Gasteiger partial charge in [-0.15, -0.1) is 0 Å². The molecule has 0 fully saturated rings. The highest BCUT2D eigenvalue weighted by atomic mass is 32.2. The molecule has 0 aromatic rings. The summed E-state index contributed by atoms with van der Waals surface area (Å²) in [7, 11) is 0. The average Bonchev–Trinajstić information content (AvgIpc) is 2.23. The summed E-state index contributed by atoms with van der Waals surface area (Å²) in [5.41, 5.74) is 5.08. The van der Waals surface area contributed by atoms with Crippen molar-refractivity contribution in [3.8, 4) is 0 Å². The van der Waals surface area contributed by atoms with E-state index in [9.17, 15) is 9.59 Å². The lowest BCUT2D eigenvalue weighted by Gasteiger charge is -2.15. The molecular weight excluding hydrogens is 254 g/mol. The number of unbranched alkanes of at least 4 members (excludes halogenated alkanes) is 1. The van der Waals surface area contributed by atoms with Gasteiger partial charge in [0.1, 0.15) is 0 Å². The zero-order chi connectivity index (χ0) is 13.3. The first-order chi connectivity index (χ1) is 7.97. The van der Waals surface area contributed by atoms with Crippen LogP contribution in [0.15, 0.2) is 0 Å². The Morgan fingerprint density at radius 3 is 2.35 bits per heavy atom. The third-order valence-corrected chi connectivity index (χ3v) is 4.17. The molecule has 0 aliphatic carbocycles. The van der Waals surface area contributed by atoms with Crippen molar-refractivity contribution in [2.24, 2.45) is 11.7 Å². The highest BCUT2D eigenvalue weighted by Crippen LogP contribution is 2.25. The average molecular weight is 277 g/mol. The van der Waals surface area contributed by atoms with E-state index in [1.54, 1.807) is 0 Å². The zero-order valence-electron chi connectivity index (χ0n) is 10.6. The summed E-state index contributed by atoms with van der Waals surface area (Å²) in [6.07, 6.45) is 4.09. The van der Waals surface area contributed by atoms with Crippen molar-refractivity contribution in [3.05, 3.63) is 0 Å². The molecule has 0 aliphatic heterocycles. The van der Waals surface area contributed by atoms with E-state index in [2.05, 4.69) is 12.6 Å². The van der Waals surface area contributed by atoms with Gasteiger partial charge in [0.2, 0.25) is 5.91 Å². The first-order valence-corrected chi connectivity index (χ1v) is 7.58. The Labute approximate surface area is 114 Å². The van der Waals surface area contributed by atoms with Crippen LogP contribution in [0.1, 0.15) is 46.0 Å². The molecule has 17 heavy (non-hydrogen) atoms. The minimum Gasteiger partial charge on any atom is -0.370 e. The Morgan fingerprint density at radius 1 is 1.24 bits per heavy atom. The van der Waals surface area contributed by atoms with Gasteiger partial charge in [0, 0.05) is 17.6 Å². The molecule has 3 nitrogen and oxygen atoms in total. The third kappa shape index (κ3) is 9.53. The molecule has 100 valence electrons. The van der Waals surface area contributed by atoms with Crippen LogP contribution >= 0.6 is 24.4 Å². The molecule has 1 amide bonds. The smallest absolute Gasteiger partial charge is 0.217 e. The largest absolute Gasteiger partial charge is 0.370 e. The molecule has 0 heterocycles. The normalized spacial score (nSPS) is 12.7. The summed E-state index contributed by atoms with van der Waals surface area (Å²) in [4.78, 5) is 22.2. The quantitative estimate of drug-likeness (QED) is 0.503. The number of hydrogen-bond acceptors (Lipinski definition) is 4. The zero-order valence-corrected chi connectivity index (χ0v) is 12.4. The fraction of sp³-hybridized carbons (Fsp3) is 0.833. The van der Waals surface area contributed by atoms with Crippen molar-refractivity contribution < 1.29 is 9.59 Å². The van der Waals surface area contributed by atoms with Gasteiger partial charge in [-0.3, -0.25) is 9.59 Å². The molecule has 0 saturated carbocycles. The molecule has 0 radical (unpaired) electrons. The number of thioether (sulfide) groups is 1. The van der Waals surface area contributed by atoms with Crippen LogP contribution in [0, 0.1) is 5.92 Å². The Hall–Kier alpha value is -0.160. The van der Waals surface area contributed by atoms with Gasteiger partial charge < -0.3 is 5.73 Å². The Kier molecular flexibility index (Phi) is 9.74. The molecule has 0 aromatic heterocycles. The van der Waals surface area contributed by atoms with Crippen LogP contribution in [0.4, 0.5) is 0 Å². The lowest BCUT2D eigenvalue weighted by Crippen LogP contribution is -2.13. The maximum atomic E-state index is 11.6. The second-order valence-corrected chi connectivity index (χ2v) is 6.19. The van der Waals surface area contributed by atoms with Crippen LogP contribution in [0.25, 0.3) is 0 Å². The van der Waals surface area contributed by atoms with Crippen molar-refractivity contribution in [3.63, 3.8) is 0 Å². The maximum Gasteiger partial charge on any atom is 0.217 e. The summed E-state index contributed by atoms with van der Waals surface area (Å²) < 4.78 is 0. The maximum absolute atomic E-state index is 11.6. The van der Waals surface area contributed by atoms with Gasteiger partial charge in [-0.25, -0.2) is 0 Å². The molecular formula is C12H23NO2S2. The van der Waals surface area contributed by atoms with Crippen LogP contribution < -0.4 is 5.73 Å². The van der Waals surface area contributed by atoms with Crippen molar-refractivity contribution in [1.29, 1.82) is 0 Å². The van der Waals surface area contributed by atoms with Gasteiger partial charge >= 0.3 is 0 Å². The summed E-state index contributed by atoms with van der Waals surface area (Å²) in [5, 5.41) is 0.571. The van der Waals surface area contributed by atoms with Crippen molar-refractivity contribution in [2.75, 3.05) is 5.75 Å². The van der Waals surface area contributed by atoms with E-state index in [4.69, 9.17) is 5.73 Å². The van der Waals surface area contributed by atoms with Crippen LogP contribution in [0.2, 0.25) is 0 Å². The highest BCUT2D eigenvalue weighted by molar-refractivity contribution is 8.14. The number of carbonyl (C=O) groups excluding carboxylic acids is 2. The van der Waals surface area contributed by atoms with E-state index >= 15 is 0 Å². The van der Waals surface area contributed by atoms with E-state index < -0.39 is 0 Å². The highest BCUT2D eigenvalue weighted by Gasteiger charge is 2.16. The van der Waals surface area contributed by atoms with Gasteiger partial charge in [0.05, 0.1) is 0 Å². The minimum atomic E-state index is -0.248. The van der Waals surface area contributed by atoms with Crippen LogP contribution in [0.3, 0.4) is 0 Å². The van der Waals surface area contributed by atoms with Gasteiger partial charge in [-0.1, -0.05) is 32.0 Å². The molecule has 0 rings (SSSR count). The van der Waals surface area contributed by atoms with Crippen molar-refractivity contribution in [1.82, 2.24) is 0 Å². The molecule has 1 atom stereocenters. The second-order valence-electron chi connectivity index (χ2n) is 4.44. The number of nitrogens with two attached hydrogens (primary N) is 1. The van der Waals surface area contributed by atoms with E-state index in [-0.39, 0.29) is 16.9 Å². The SMILES string of the molecule is CC(C)C(=O)SC(CCS)CCCCC(N)=O. The second kappa shape index (κ2) is 9.83. The number of thiol groups is 1. The molecule has 0 bridgehead atoms. The molecule has 1 unspecified atom stereocenters. The van der Waals surface area contributed by atoms with Gasteiger partial charge in [-0.05, 0) is 25.0 Å². The van der Waals surface area contributed by atoms with Gasteiger partial charge in [0.15, 0.2) is 5.12 Å². The number of amides is 1. The van der Waals surface area contributed by atoms with Crippen LogP contribution in [-0.4, -0.2) is 22.0 Å². The number of primary amides is 1. The Balaban J connectivity index is 3.89. The monoisotopic (exact) mass is 277 g/mol. The molecule has 0 aliphatic rings. The lowest BCUT2D eigenvalue weighted by atomic mass is 10.1. The third-order valence-electron chi connectivity index (χ3n) is 2.40. The summed E-state index contributed by atoms with van der Waals surface area (Å²) >= 11 is 5.65. The van der Waals surface area contributed by atoms with Crippen LogP contribution in [0.5, 0.6) is 0 Å². The molecule has 2 N–H and O–H groups in total.